The van der Waals surface area contributed by atoms with E-state index in [1.165, 1.54) is 123 Å². The van der Waals surface area contributed by atoms with E-state index in [2.05, 4.69) is 109 Å². The maximum Gasteiger partial charge on any atom is 0.0361 e. The highest BCUT2D eigenvalue weighted by atomic mass is 32.1. The van der Waals surface area contributed by atoms with E-state index >= 15 is 0 Å². The van der Waals surface area contributed by atoms with Gasteiger partial charge >= 0.3 is 0 Å². The Morgan fingerprint density at radius 1 is 0.366 bits per heavy atom. The lowest BCUT2D eigenvalue weighted by Crippen LogP contribution is -2.07. The van der Waals surface area contributed by atoms with Crippen molar-refractivity contribution >= 4 is 63.8 Å². The van der Waals surface area contributed by atoms with E-state index in [0.29, 0.717) is 0 Å². The number of aryl methyl sites for hydroxylation is 4. The van der Waals surface area contributed by atoms with Crippen molar-refractivity contribution in [3.8, 4) is 22.3 Å². The van der Waals surface area contributed by atoms with Crippen LogP contribution in [-0.2, 0) is 25.7 Å². The van der Waals surface area contributed by atoms with Crippen LogP contribution in [0.3, 0.4) is 0 Å². The summed E-state index contributed by atoms with van der Waals surface area (Å²) < 4.78 is 2.75. The highest BCUT2D eigenvalue weighted by molar-refractivity contribution is 7.25. The van der Waals surface area contributed by atoms with Crippen LogP contribution in [0.2, 0.25) is 0 Å². The van der Waals surface area contributed by atoms with Crippen LogP contribution in [0, 0.1) is 0 Å². The molecule has 10 rings (SSSR count). The Morgan fingerprint density at radius 3 is 1.46 bits per heavy atom. The topological polar surface area (TPSA) is 0 Å². The summed E-state index contributed by atoms with van der Waals surface area (Å²) in [5.41, 5.74) is 11.4. The second-order valence-electron chi connectivity index (χ2n) is 12.0. The van der Waals surface area contributed by atoms with Crippen molar-refractivity contribution in [2.75, 3.05) is 0 Å². The molecule has 0 atom stereocenters. The summed E-state index contributed by atoms with van der Waals surface area (Å²) in [6, 6.07) is 42.1. The third-order valence-corrected chi connectivity index (χ3v) is 10.9. The van der Waals surface area contributed by atoms with E-state index in [9.17, 15) is 0 Å². The van der Waals surface area contributed by atoms with E-state index in [4.69, 9.17) is 0 Å². The lowest BCUT2D eigenvalue weighted by atomic mass is 9.82. The van der Waals surface area contributed by atoms with E-state index in [1.807, 2.05) is 11.3 Å². The molecular formula is C40H26S. The highest BCUT2D eigenvalue weighted by Gasteiger charge is 2.20. The van der Waals surface area contributed by atoms with Gasteiger partial charge in [-0.1, -0.05) is 84.9 Å². The molecule has 0 bridgehead atoms. The van der Waals surface area contributed by atoms with Gasteiger partial charge in [-0.15, -0.1) is 11.3 Å². The Hall–Kier alpha value is -4.46. The second kappa shape index (κ2) is 8.06. The van der Waals surface area contributed by atoms with Crippen molar-refractivity contribution < 1.29 is 0 Å². The summed E-state index contributed by atoms with van der Waals surface area (Å²) in [4.78, 5) is 0. The van der Waals surface area contributed by atoms with Crippen LogP contribution in [0.5, 0.6) is 0 Å². The number of thiophene rings is 1. The molecule has 0 saturated heterocycles. The molecule has 0 aliphatic heterocycles. The van der Waals surface area contributed by atoms with Crippen LogP contribution in [0.25, 0.3) is 74.7 Å². The molecule has 0 nitrogen and oxygen atoms in total. The Kier molecular flexibility index (Phi) is 4.37. The summed E-state index contributed by atoms with van der Waals surface area (Å²) >= 11 is 1.92. The van der Waals surface area contributed by atoms with Crippen LogP contribution < -0.4 is 0 Å². The first-order valence-corrected chi connectivity index (χ1v) is 15.6. The largest absolute Gasteiger partial charge is 0.135 e. The molecule has 0 unspecified atom stereocenters. The Bertz CT molecular complexity index is 2360. The number of fused-ring (bicyclic) bond motifs is 8. The lowest BCUT2D eigenvalue weighted by Gasteiger charge is -2.22. The number of hydrogen-bond donors (Lipinski definition) is 0. The average molecular weight is 539 g/mol. The van der Waals surface area contributed by atoms with E-state index in [0.717, 1.165) is 0 Å². The maximum absolute atomic E-state index is 2.46. The molecule has 192 valence electrons. The molecule has 1 aromatic heterocycles. The van der Waals surface area contributed by atoms with Crippen LogP contribution in [0.4, 0.5) is 0 Å². The SMILES string of the molecule is c1ccc2c(-c3ccc4sc5cc6cc7c(cc6cc5c4c3)CC7)c3ccccc3c(-c3ccc4c(c3)CC4)c2c1. The van der Waals surface area contributed by atoms with Crippen molar-refractivity contribution in [3.63, 3.8) is 0 Å². The zero-order valence-corrected chi connectivity index (χ0v) is 23.4. The summed E-state index contributed by atoms with van der Waals surface area (Å²) in [6.45, 7) is 0. The van der Waals surface area contributed by atoms with Gasteiger partial charge in [0.15, 0.2) is 0 Å². The zero-order valence-electron chi connectivity index (χ0n) is 22.6. The molecule has 1 heteroatoms. The third-order valence-electron chi connectivity index (χ3n) is 9.79. The van der Waals surface area contributed by atoms with Gasteiger partial charge in [0.05, 0.1) is 0 Å². The van der Waals surface area contributed by atoms with Gasteiger partial charge in [-0.05, 0) is 127 Å². The smallest absolute Gasteiger partial charge is 0.0361 e. The van der Waals surface area contributed by atoms with Gasteiger partial charge in [-0.3, -0.25) is 0 Å². The number of benzene rings is 7. The molecule has 0 fully saturated rings. The maximum atomic E-state index is 2.46. The van der Waals surface area contributed by atoms with Crippen molar-refractivity contribution in [1.82, 2.24) is 0 Å². The fourth-order valence-corrected chi connectivity index (χ4v) is 8.60. The Labute approximate surface area is 242 Å². The fourth-order valence-electron chi connectivity index (χ4n) is 7.48. The minimum absolute atomic E-state index is 1.20. The van der Waals surface area contributed by atoms with Crippen molar-refractivity contribution in [1.29, 1.82) is 0 Å². The van der Waals surface area contributed by atoms with Gasteiger partial charge in [0, 0.05) is 20.2 Å². The molecule has 0 N–H and O–H groups in total. The first-order chi connectivity index (χ1) is 20.3. The quantitative estimate of drug-likeness (QED) is 0.192. The Balaban J connectivity index is 1.26. The van der Waals surface area contributed by atoms with Crippen molar-refractivity contribution in [2.45, 2.75) is 25.7 Å². The van der Waals surface area contributed by atoms with Crippen LogP contribution >= 0.6 is 11.3 Å². The van der Waals surface area contributed by atoms with Gasteiger partial charge in [-0.2, -0.15) is 0 Å². The molecule has 0 amide bonds. The van der Waals surface area contributed by atoms with E-state index in [-0.39, 0.29) is 0 Å². The second-order valence-corrected chi connectivity index (χ2v) is 13.0. The molecule has 7 aromatic carbocycles. The molecule has 0 radical (unpaired) electrons. The molecule has 2 aliphatic carbocycles. The summed E-state index contributed by atoms with van der Waals surface area (Å²) in [7, 11) is 0. The van der Waals surface area contributed by atoms with Gasteiger partial charge in [0.1, 0.15) is 0 Å². The van der Waals surface area contributed by atoms with Gasteiger partial charge in [0.2, 0.25) is 0 Å². The predicted molar refractivity (Wildman–Crippen MR) is 178 cm³/mol. The summed E-state index contributed by atoms with van der Waals surface area (Å²) in [5, 5.41) is 10.8. The minimum Gasteiger partial charge on any atom is -0.135 e. The molecule has 0 spiro atoms. The zero-order chi connectivity index (χ0) is 26.7. The highest BCUT2D eigenvalue weighted by Crippen LogP contribution is 2.46. The van der Waals surface area contributed by atoms with E-state index < -0.39 is 0 Å². The first-order valence-electron chi connectivity index (χ1n) is 14.8. The minimum atomic E-state index is 1.20. The average Bonchev–Trinajstić information content (AvgIpc) is 3.33. The molecule has 0 saturated carbocycles. The van der Waals surface area contributed by atoms with Crippen LogP contribution in [0.1, 0.15) is 22.3 Å². The van der Waals surface area contributed by atoms with Crippen molar-refractivity contribution in [3.05, 3.63) is 131 Å². The molecule has 1 heterocycles. The predicted octanol–water partition coefficient (Wildman–Crippen LogP) is 11.0. The standard InChI is InChI=1S/C40H26S/c1-3-7-33-31(5-1)39(27-14-10-23-9-11-24(23)17-27)32-6-2-4-8-34(32)40(33)28-15-16-37-35(20-28)36-21-29-18-25-12-13-26(25)19-30(29)22-38(36)41-37/h1-8,10,14-22H,9,11-13H2. The molecule has 41 heavy (non-hydrogen) atoms. The van der Waals surface area contributed by atoms with Gasteiger partial charge < -0.3 is 0 Å². The molecular weight excluding hydrogens is 513 g/mol. The van der Waals surface area contributed by atoms with Crippen molar-refractivity contribution in [2.24, 2.45) is 0 Å². The third kappa shape index (κ3) is 3.10. The van der Waals surface area contributed by atoms with Crippen LogP contribution in [0.15, 0.2) is 109 Å². The summed E-state index contributed by atoms with van der Waals surface area (Å²) in [5.74, 6) is 0. The van der Waals surface area contributed by atoms with E-state index in [1.54, 1.807) is 0 Å². The normalized spacial score (nSPS) is 14.0. The van der Waals surface area contributed by atoms with Gasteiger partial charge in [0.25, 0.3) is 0 Å². The number of rotatable bonds is 2. The number of hydrogen-bond acceptors (Lipinski definition) is 1. The molecule has 8 aromatic rings. The lowest BCUT2D eigenvalue weighted by molar-refractivity contribution is 0.840. The van der Waals surface area contributed by atoms with Crippen LogP contribution in [-0.4, -0.2) is 0 Å². The molecule has 2 aliphatic rings. The fraction of sp³-hybridized carbons (Fsp3) is 0.100. The van der Waals surface area contributed by atoms with Gasteiger partial charge in [-0.25, -0.2) is 0 Å². The Morgan fingerprint density at radius 2 is 0.878 bits per heavy atom. The summed E-state index contributed by atoms with van der Waals surface area (Å²) in [6.07, 6.45) is 4.86. The monoisotopic (exact) mass is 538 g/mol. The first kappa shape index (κ1) is 22.3.